The molecule has 5 nitrogen and oxygen atoms in total. The topological polar surface area (TPSA) is 57.7 Å². The van der Waals surface area contributed by atoms with Gasteiger partial charge >= 0.3 is 0 Å². The van der Waals surface area contributed by atoms with Gasteiger partial charge in [0.05, 0.1) is 4.90 Å². The predicted octanol–water partition coefficient (Wildman–Crippen LogP) is 2.87. The second-order valence-corrected chi connectivity index (χ2v) is 8.97. The Hall–Kier alpha value is -1.40. The van der Waals surface area contributed by atoms with Crippen LogP contribution in [-0.4, -0.2) is 48.7 Å². The molecule has 3 rings (SSSR count). The summed E-state index contributed by atoms with van der Waals surface area (Å²) in [5.41, 5.74) is 0.466. The SMILES string of the molecule is CC(C)N(C(=O)c1cccc(S(=O)(=O)N2CCCCC2)c1)C1CC1. The van der Waals surface area contributed by atoms with Crippen LogP contribution in [0.5, 0.6) is 0 Å². The first kappa shape index (κ1) is 17.4. The van der Waals surface area contributed by atoms with E-state index in [9.17, 15) is 13.2 Å². The van der Waals surface area contributed by atoms with Gasteiger partial charge in [0.2, 0.25) is 10.0 Å². The summed E-state index contributed by atoms with van der Waals surface area (Å²) >= 11 is 0. The van der Waals surface area contributed by atoms with Gasteiger partial charge in [-0.2, -0.15) is 4.31 Å². The fourth-order valence-electron chi connectivity index (χ4n) is 3.37. The van der Waals surface area contributed by atoms with E-state index in [1.54, 1.807) is 28.6 Å². The molecule has 2 aliphatic rings. The van der Waals surface area contributed by atoms with Crippen LogP contribution in [0, 0.1) is 0 Å². The molecule has 132 valence electrons. The molecule has 0 radical (unpaired) electrons. The van der Waals surface area contributed by atoms with Gasteiger partial charge in [0.1, 0.15) is 0 Å². The second-order valence-electron chi connectivity index (χ2n) is 7.03. The molecule has 1 saturated carbocycles. The van der Waals surface area contributed by atoms with Gasteiger partial charge < -0.3 is 4.90 Å². The molecule has 24 heavy (non-hydrogen) atoms. The average molecular weight is 350 g/mol. The van der Waals surface area contributed by atoms with Gasteiger partial charge in [-0.1, -0.05) is 12.5 Å². The number of piperidine rings is 1. The molecule has 1 aromatic carbocycles. The molecular formula is C18H26N2O3S. The highest BCUT2D eigenvalue weighted by Gasteiger charge is 2.35. The average Bonchev–Trinajstić information content (AvgIpc) is 3.40. The third-order valence-electron chi connectivity index (χ3n) is 4.76. The number of carbonyl (C=O) groups is 1. The van der Waals surface area contributed by atoms with Gasteiger partial charge in [-0.05, 0) is 57.7 Å². The lowest BCUT2D eigenvalue weighted by Gasteiger charge is -2.28. The van der Waals surface area contributed by atoms with Crippen LogP contribution in [0.1, 0.15) is 56.3 Å². The number of nitrogens with zero attached hydrogens (tertiary/aromatic N) is 2. The number of hydrogen-bond donors (Lipinski definition) is 0. The van der Waals surface area contributed by atoms with Crippen molar-refractivity contribution in [2.45, 2.75) is 62.9 Å². The van der Waals surface area contributed by atoms with E-state index in [1.807, 2.05) is 18.7 Å². The van der Waals surface area contributed by atoms with Crippen molar-refractivity contribution in [3.63, 3.8) is 0 Å². The van der Waals surface area contributed by atoms with Crippen molar-refractivity contribution in [3.8, 4) is 0 Å². The van der Waals surface area contributed by atoms with Crippen molar-refractivity contribution >= 4 is 15.9 Å². The summed E-state index contributed by atoms with van der Waals surface area (Å²) in [4.78, 5) is 15.0. The minimum absolute atomic E-state index is 0.0665. The van der Waals surface area contributed by atoms with E-state index in [-0.39, 0.29) is 16.8 Å². The summed E-state index contributed by atoms with van der Waals surface area (Å²) in [6, 6.07) is 6.96. The highest BCUT2D eigenvalue weighted by molar-refractivity contribution is 7.89. The summed E-state index contributed by atoms with van der Waals surface area (Å²) in [5, 5.41) is 0. The zero-order valence-electron chi connectivity index (χ0n) is 14.4. The van der Waals surface area contributed by atoms with E-state index in [2.05, 4.69) is 0 Å². The Labute approximate surface area is 144 Å². The van der Waals surface area contributed by atoms with Crippen LogP contribution in [0.25, 0.3) is 0 Å². The molecule has 0 unspecified atom stereocenters. The summed E-state index contributed by atoms with van der Waals surface area (Å²) in [5.74, 6) is -0.0665. The maximum Gasteiger partial charge on any atom is 0.254 e. The lowest BCUT2D eigenvalue weighted by molar-refractivity contribution is 0.0690. The third kappa shape index (κ3) is 3.49. The number of benzene rings is 1. The zero-order valence-corrected chi connectivity index (χ0v) is 15.3. The lowest BCUT2D eigenvalue weighted by Crippen LogP contribution is -2.39. The van der Waals surface area contributed by atoms with E-state index in [4.69, 9.17) is 0 Å². The van der Waals surface area contributed by atoms with Crippen LogP contribution in [-0.2, 0) is 10.0 Å². The predicted molar refractivity (Wildman–Crippen MR) is 93.4 cm³/mol. The van der Waals surface area contributed by atoms with Crippen molar-refractivity contribution in [1.82, 2.24) is 9.21 Å². The van der Waals surface area contributed by atoms with E-state index in [1.165, 1.54) is 0 Å². The molecular weight excluding hydrogens is 324 g/mol. The number of rotatable bonds is 5. The molecule has 0 bridgehead atoms. The summed E-state index contributed by atoms with van der Waals surface area (Å²) in [6.07, 6.45) is 4.96. The van der Waals surface area contributed by atoms with Crippen LogP contribution in [0.4, 0.5) is 0 Å². The number of amides is 1. The minimum atomic E-state index is -3.51. The maximum absolute atomic E-state index is 12.8. The largest absolute Gasteiger partial charge is 0.333 e. The first-order valence-electron chi connectivity index (χ1n) is 8.84. The van der Waals surface area contributed by atoms with Crippen LogP contribution >= 0.6 is 0 Å². The van der Waals surface area contributed by atoms with Gasteiger partial charge in [-0.15, -0.1) is 0 Å². The Morgan fingerprint density at radius 3 is 2.42 bits per heavy atom. The van der Waals surface area contributed by atoms with Crippen molar-refractivity contribution in [2.75, 3.05) is 13.1 Å². The Balaban J connectivity index is 1.87. The lowest BCUT2D eigenvalue weighted by atomic mass is 10.1. The highest BCUT2D eigenvalue weighted by Crippen LogP contribution is 2.30. The Morgan fingerprint density at radius 2 is 1.83 bits per heavy atom. The Morgan fingerprint density at radius 1 is 1.17 bits per heavy atom. The highest BCUT2D eigenvalue weighted by atomic mass is 32.2. The summed E-state index contributed by atoms with van der Waals surface area (Å²) in [6.45, 7) is 5.15. The van der Waals surface area contributed by atoms with Crippen LogP contribution in [0.3, 0.4) is 0 Å². The fourth-order valence-corrected chi connectivity index (χ4v) is 4.93. The van der Waals surface area contributed by atoms with Gasteiger partial charge in [-0.3, -0.25) is 4.79 Å². The molecule has 2 fully saturated rings. The molecule has 0 N–H and O–H groups in total. The van der Waals surface area contributed by atoms with E-state index >= 15 is 0 Å². The molecule has 1 amide bonds. The molecule has 1 aromatic rings. The van der Waals surface area contributed by atoms with Gasteiger partial charge in [0.25, 0.3) is 5.91 Å². The Kier molecular flexibility index (Phi) is 4.97. The van der Waals surface area contributed by atoms with Crippen LogP contribution < -0.4 is 0 Å². The standard InChI is InChI=1S/C18H26N2O3S/c1-14(2)20(16-9-10-16)18(21)15-7-6-8-17(13-15)24(22,23)19-11-4-3-5-12-19/h6-8,13-14,16H,3-5,9-12H2,1-2H3. The van der Waals surface area contributed by atoms with Gasteiger partial charge in [-0.25, -0.2) is 8.42 Å². The Bertz CT molecular complexity index is 703. The molecule has 0 spiro atoms. The zero-order chi connectivity index (χ0) is 17.3. The molecule has 1 aliphatic heterocycles. The molecule has 0 aromatic heterocycles. The van der Waals surface area contributed by atoms with Crippen molar-refractivity contribution < 1.29 is 13.2 Å². The van der Waals surface area contributed by atoms with Crippen molar-refractivity contribution in [2.24, 2.45) is 0 Å². The van der Waals surface area contributed by atoms with E-state index in [0.29, 0.717) is 24.7 Å². The second kappa shape index (κ2) is 6.84. The number of hydrogen-bond acceptors (Lipinski definition) is 3. The molecule has 1 saturated heterocycles. The van der Waals surface area contributed by atoms with Crippen molar-refractivity contribution in [1.29, 1.82) is 0 Å². The smallest absolute Gasteiger partial charge is 0.254 e. The number of carbonyl (C=O) groups excluding carboxylic acids is 1. The maximum atomic E-state index is 12.8. The van der Waals surface area contributed by atoms with Gasteiger partial charge in [0.15, 0.2) is 0 Å². The molecule has 6 heteroatoms. The normalized spacial score (nSPS) is 19.5. The molecule has 1 heterocycles. The first-order chi connectivity index (χ1) is 11.4. The summed E-state index contributed by atoms with van der Waals surface area (Å²) in [7, 11) is -3.51. The fraction of sp³-hybridized carbons (Fsp3) is 0.611. The first-order valence-corrected chi connectivity index (χ1v) is 10.3. The quantitative estimate of drug-likeness (QED) is 0.820. The monoisotopic (exact) mass is 350 g/mol. The molecule has 1 aliphatic carbocycles. The van der Waals surface area contributed by atoms with Gasteiger partial charge in [0, 0.05) is 30.7 Å². The molecule has 0 atom stereocenters. The van der Waals surface area contributed by atoms with E-state index < -0.39 is 10.0 Å². The summed E-state index contributed by atoms with van der Waals surface area (Å²) < 4.78 is 27.2. The van der Waals surface area contributed by atoms with E-state index in [0.717, 1.165) is 32.1 Å². The third-order valence-corrected chi connectivity index (χ3v) is 6.66. The van der Waals surface area contributed by atoms with Crippen molar-refractivity contribution in [3.05, 3.63) is 29.8 Å². The van der Waals surface area contributed by atoms with Crippen LogP contribution in [0.15, 0.2) is 29.2 Å². The van der Waals surface area contributed by atoms with Crippen LogP contribution in [0.2, 0.25) is 0 Å². The number of sulfonamides is 1. The minimum Gasteiger partial charge on any atom is -0.333 e.